The summed E-state index contributed by atoms with van der Waals surface area (Å²) in [6, 6.07) is 0.369. The Hall–Kier alpha value is -0.0800. The van der Waals surface area contributed by atoms with Gasteiger partial charge in [0.1, 0.15) is 0 Å². The second-order valence-electron chi connectivity index (χ2n) is 5.19. The fourth-order valence-corrected chi connectivity index (χ4v) is 3.55. The van der Waals surface area contributed by atoms with E-state index in [1.54, 1.807) is 0 Å². The zero-order valence-corrected chi connectivity index (χ0v) is 9.30. The molecule has 2 atom stereocenters. The molecular weight excluding hydrogens is 174 g/mol. The van der Waals surface area contributed by atoms with E-state index in [0.29, 0.717) is 11.5 Å². The molecule has 82 valence electrons. The van der Waals surface area contributed by atoms with Crippen molar-refractivity contribution in [2.75, 3.05) is 13.2 Å². The fourth-order valence-electron chi connectivity index (χ4n) is 3.55. The second kappa shape index (κ2) is 4.19. The number of hydrogen-bond acceptors (Lipinski definition) is 2. The Morgan fingerprint density at radius 3 is 2.57 bits per heavy atom. The van der Waals surface area contributed by atoms with Crippen molar-refractivity contribution in [2.45, 2.75) is 51.5 Å². The summed E-state index contributed by atoms with van der Waals surface area (Å²) in [6.07, 6.45) is 8.02. The first-order valence-electron chi connectivity index (χ1n) is 6.08. The Morgan fingerprint density at radius 1 is 1.21 bits per heavy atom. The van der Waals surface area contributed by atoms with Gasteiger partial charge in [0.25, 0.3) is 0 Å². The van der Waals surface area contributed by atoms with E-state index < -0.39 is 0 Å². The maximum absolute atomic E-state index is 6.13. The molecule has 0 amide bonds. The number of rotatable bonds is 1. The number of hydrogen-bond donors (Lipinski definition) is 1. The van der Waals surface area contributed by atoms with E-state index in [-0.39, 0.29) is 0 Å². The van der Waals surface area contributed by atoms with Gasteiger partial charge in [0.05, 0.1) is 0 Å². The molecule has 0 aromatic carbocycles. The maximum atomic E-state index is 6.13. The molecule has 2 nitrogen and oxygen atoms in total. The molecule has 1 spiro atoms. The summed E-state index contributed by atoms with van der Waals surface area (Å²) in [4.78, 5) is 0. The van der Waals surface area contributed by atoms with Crippen LogP contribution in [0.5, 0.6) is 0 Å². The van der Waals surface area contributed by atoms with Crippen LogP contribution in [0.2, 0.25) is 0 Å². The van der Waals surface area contributed by atoms with Gasteiger partial charge in [-0.25, -0.2) is 0 Å². The smallest absolute Gasteiger partial charge is 0.0471 e. The Bertz CT molecular complexity index is 176. The predicted molar refractivity (Wildman–Crippen MR) is 58.1 cm³/mol. The van der Waals surface area contributed by atoms with Crippen LogP contribution in [-0.2, 0) is 4.74 Å². The maximum Gasteiger partial charge on any atom is 0.0471 e. The highest BCUT2D eigenvalue weighted by atomic mass is 16.5. The molecule has 1 aliphatic carbocycles. The molecule has 0 bridgehead atoms. The summed E-state index contributed by atoms with van der Waals surface area (Å²) in [5.41, 5.74) is 6.68. The average Bonchev–Trinajstić information content (AvgIpc) is 2.19. The third-order valence-corrected chi connectivity index (χ3v) is 4.35. The van der Waals surface area contributed by atoms with Gasteiger partial charge in [-0.1, -0.05) is 12.8 Å². The van der Waals surface area contributed by atoms with Crippen molar-refractivity contribution >= 4 is 0 Å². The van der Waals surface area contributed by atoms with Crippen molar-refractivity contribution in [2.24, 2.45) is 17.1 Å². The molecule has 0 aromatic rings. The lowest BCUT2D eigenvalue weighted by Crippen LogP contribution is -2.46. The Morgan fingerprint density at radius 2 is 1.93 bits per heavy atom. The topological polar surface area (TPSA) is 35.2 Å². The van der Waals surface area contributed by atoms with Gasteiger partial charge < -0.3 is 10.5 Å². The highest BCUT2D eigenvalue weighted by molar-refractivity contribution is 4.94. The Labute approximate surface area is 87.2 Å². The van der Waals surface area contributed by atoms with Gasteiger partial charge in [-0.05, 0) is 43.9 Å². The van der Waals surface area contributed by atoms with Crippen molar-refractivity contribution in [3.8, 4) is 0 Å². The number of nitrogens with two attached hydrogens (primary N) is 1. The van der Waals surface area contributed by atoms with Crippen molar-refractivity contribution in [1.82, 2.24) is 0 Å². The molecule has 1 saturated heterocycles. The summed E-state index contributed by atoms with van der Waals surface area (Å²) in [5, 5.41) is 0. The van der Waals surface area contributed by atoms with Crippen LogP contribution in [0.1, 0.15) is 45.4 Å². The van der Waals surface area contributed by atoms with E-state index in [9.17, 15) is 0 Å². The molecule has 1 aliphatic heterocycles. The zero-order chi connectivity index (χ0) is 10.0. The van der Waals surface area contributed by atoms with E-state index in [0.717, 1.165) is 19.1 Å². The minimum absolute atomic E-state index is 0.369. The highest BCUT2D eigenvalue weighted by Crippen LogP contribution is 2.49. The van der Waals surface area contributed by atoms with E-state index in [4.69, 9.17) is 10.5 Å². The molecule has 2 fully saturated rings. The average molecular weight is 197 g/mol. The number of ether oxygens (including phenoxy) is 1. The molecule has 2 aliphatic rings. The molecule has 0 radical (unpaired) electrons. The SMILES string of the molecule is CC(N)C1CCCCC12CCOCC2. The van der Waals surface area contributed by atoms with Gasteiger partial charge in [0.15, 0.2) is 0 Å². The first-order chi connectivity index (χ1) is 6.75. The molecule has 2 heteroatoms. The van der Waals surface area contributed by atoms with Crippen LogP contribution in [0.25, 0.3) is 0 Å². The molecular formula is C12H23NO. The van der Waals surface area contributed by atoms with Gasteiger partial charge >= 0.3 is 0 Å². The van der Waals surface area contributed by atoms with E-state index in [1.807, 2.05) is 0 Å². The highest BCUT2D eigenvalue weighted by Gasteiger charge is 2.42. The van der Waals surface area contributed by atoms with Crippen LogP contribution in [0.4, 0.5) is 0 Å². The normalized spacial score (nSPS) is 34.3. The van der Waals surface area contributed by atoms with E-state index in [1.165, 1.54) is 38.5 Å². The molecule has 1 saturated carbocycles. The summed E-state index contributed by atoms with van der Waals surface area (Å²) >= 11 is 0. The van der Waals surface area contributed by atoms with Crippen LogP contribution >= 0.6 is 0 Å². The minimum atomic E-state index is 0.369. The van der Waals surface area contributed by atoms with Crippen LogP contribution in [-0.4, -0.2) is 19.3 Å². The van der Waals surface area contributed by atoms with Crippen molar-refractivity contribution in [1.29, 1.82) is 0 Å². The van der Waals surface area contributed by atoms with Crippen LogP contribution in [0, 0.1) is 11.3 Å². The Kier molecular flexibility index (Phi) is 3.13. The van der Waals surface area contributed by atoms with Gasteiger partial charge in [0.2, 0.25) is 0 Å². The third kappa shape index (κ3) is 1.82. The summed E-state index contributed by atoms with van der Waals surface area (Å²) in [7, 11) is 0. The summed E-state index contributed by atoms with van der Waals surface area (Å²) in [6.45, 7) is 4.11. The van der Waals surface area contributed by atoms with Crippen molar-refractivity contribution in [3.05, 3.63) is 0 Å². The Balaban J connectivity index is 2.10. The lowest BCUT2D eigenvalue weighted by molar-refractivity contribution is -0.0453. The second-order valence-corrected chi connectivity index (χ2v) is 5.19. The van der Waals surface area contributed by atoms with Crippen LogP contribution < -0.4 is 5.73 Å². The molecule has 2 rings (SSSR count). The van der Waals surface area contributed by atoms with Gasteiger partial charge in [-0.3, -0.25) is 0 Å². The van der Waals surface area contributed by atoms with Gasteiger partial charge in [-0.2, -0.15) is 0 Å². The lowest BCUT2D eigenvalue weighted by atomic mass is 9.60. The van der Waals surface area contributed by atoms with Crippen molar-refractivity contribution < 1.29 is 4.74 Å². The van der Waals surface area contributed by atoms with Crippen LogP contribution in [0.3, 0.4) is 0 Å². The quantitative estimate of drug-likeness (QED) is 0.700. The first-order valence-corrected chi connectivity index (χ1v) is 6.08. The predicted octanol–water partition coefficient (Wildman–Crippen LogP) is 2.32. The molecule has 2 N–H and O–H groups in total. The van der Waals surface area contributed by atoms with Gasteiger partial charge in [0, 0.05) is 19.3 Å². The van der Waals surface area contributed by atoms with E-state index >= 15 is 0 Å². The van der Waals surface area contributed by atoms with Crippen LogP contribution in [0.15, 0.2) is 0 Å². The molecule has 0 aromatic heterocycles. The zero-order valence-electron chi connectivity index (χ0n) is 9.30. The fraction of sp³-hybridized carbons (Fsp3) is 1.00. The minimum Gasteiger partial charge on any atom is -0.381 e. The van der Waals surface area contributed by atoms with Crippen molar-refractivity contribution in [3.63, 3.8) is 0 Å². The standard InChI is InChI=1S/C12H23NO/c1-10(13)11-4-2-3-5-12(11)6-8-14-9-7-12/h10-11H,2-9,13H2,1H3. The molecule has 1 heterocycles. The third-order valence-electron chi connectivity index (χ3n) is 4.35. The first kappa shape index (κ1) is 10.4. The van der Waals surface area contributed by atoms with Gasteiger partial charge in [-0.15, -0.1) is 0 Å². The molecule has 2 unspecified atom stereocenters. The summed E-state index contributed by atoms with van der Waals surface area (Å²) < 4.78 is 5.48. The summed E-state index contributed by atoms with van der Waals surface area (Å²) in [5.74, 6) is 0.750. The molecule has 14 heavy (non-hydrogen) atoms. The monoisotopic (exact) mass is 197 g/mol. The largest absolute Gasteiger partial charge is 0.381 e. The lowest BCUT2D eigenvalue weighted by Gasteiger charge is -2.48. The van der Waals surface area contributed by atoms with E-state index in [2.05, 4.69) is 6.92 Å².